The first-order valence-electron chi connectivity index (χ1n) is 15.1. The normalized spacial score (nSPS) is 30.6. The van der Waals surface area contributed by atoms with Crippen LogP contribution in [-0.4, -0.2) is 84.9 Å². The predicted octanol–water partition coefficient (Wildman–Crippen LogP) is 5.60. The summed E-state index contributed by atoms with van der Waals surface area (Å²) < 4.78 is 4.92. The Hall–Kier alpha value is -1.32. The highest BCUT2D eigenvalue weighted by Crippen LogP contribution is 2.68. The topological polar surface area (TPSA) is 87.2 Å². The lowest BCUT2D eigenvalue weighted by molar-refractivity contribution is -0.155. The Morgan fingerprint density at radius 3 is 2.46 bits per heavy atom. The van der Waals surface area contributed by atoms with Crippen molar-refractivity contribution in [2.75, 3.05) is 19.8 Å². The van der Waals surface area contributed by atoms with Crippen LogP contribution in [0, 0.1) is 23.2 Å². The number of esters is 1. The Balaban J connectivity index is 2.13. The molecule has 3 saturated heterocycles. The first-order chi connectivity index (χ1) is 19.1. The van der Waals surface area contributed by atoms with E-state index in [1.165, 1.54) is 0 Å². The van der Waals surface area contributed by atoms with E-state index in [4.69, 9.17) is 4.74 Å². The number of rotatable bonds is 14. The van der Waals surface area contributed by atoms with Crippen LogP contribution in [0.15, 0.2) is 25.3 Å². The van der Waals surface area contributed by atoms with Crippen LogP contribution in [0.3, 0.4) is 0 Å². The number of halogens is 1. The Bertz CT molecular complexity index is 1010. The van der Waals surface area contributed by atoms with E-state index in [9.17, 15) is 19.5 Å². The second-order valence-corrected chi connectivity index (χ2v) is 16.6. The number of aliphatic hydroxyl groups is 1. The van der Waals surface area contributed by atoms with Crippen molar-refractivity contribution in [2.45, 2.75) is 113 Å². The summed E-state index contributed by atoms with van der Waals surface area (Å²) in [6.45, 7) is 22.7. The van der Waals surface area contributed by atoms with Gasteiger partial charge in [-0.05, 0) is 50.9 Å². The summed E-state index contributed by atoms with van der Waals surface area (Å²) in [4.78, 5) is 46.6. The van der Waals surface area contributed by atoms with E-state index in [1.54, 1.807) is 28.8 Å². The highest BCUT2D eigenvalue weighted by atomic mass is 79.9. The number of likely N-dealkylation sites (tertiary alicyclic amines) is 1. The molecule has 7 nitrogen and oxygen atoms in total. The lowest BCUT2D eigenvalue weighted by Crippen LogP contribution is -2.62. The van der Waals surface area contributed by atoms with Crippen LogP contribution in [0.5, 0.6) is 0 Å². The highest BCUT2D eigenvalue weighted by molar-refractivity contribution is 9.09. The molecule has 1 N–H and O–H groups in total. The number of alkyl halides is 1. The number of hydrogen-bond acceptors (Lipinski definition) is 6. The van der Waals surface area contributed by atoms with Crippen molar-refractivity contribution in [2.24, 2.45) is 23.2 Å². The maximum atomic E-state index is 15.0. The van der Waals surface area contributed by atoms with E-state index in [0.29, 0.717) is 19.4 Å². The van der Waals surface area contributed by atoms with Crippen LogP contribution in [0.1, 0.15) is 80.6 Å². The molecule has 2 bridgehead atoms. The Morgan fingerprint density at radius 1 is 1.27 bits per heavy atom. The van der Waals surface area contributed by atoms with Gasteiger partial charge in [-0.2, -0.15) is 0 Å². The smallest absolute Gasteiger partial charge is 0.310 e. The van der Waals surface area contributed by atoms with Crippen LogP contribution in [0.2, 0.25) is 0 Å². The number of carbonyl (C=O) groups excluding carboxylic acids is 3. The molecule has 3 fully saturated rings. The maximum absolute atomic E-state index is 15.0. The minimum Gasteiger partial charge on any atom is -0.465 e. The fourth-order valence-electron chi connectivity index (χ4n) is 7.59. The van der Waals surface area contributed by atoms with Gasteiger partial charge in [0.05, 0.1) is 35.8 Å². The molecule has 0 aromatic heterocycles. The van der Waals surface area contributed by atoms with Gasteiger partial charge in [-0.15, -0.1) is 24.9 Å². The number of amides is 2. The van der Waals surface area contributed by atoms with Crippen molar-refractivity contribution < 1.29 is 24.2 Å². The van der Waals surface area contributed by atoms with Crippen molar-refractivity contribution in [3.8, 4) is 0 Å². The molecule has 0 aliphatic carbocycles. The van der Waals surface area contributed by atoms with Gasteiger partial charge in [0.1, 0.15) is 6.04 Å². The lowest BCUT2D eigenvalue weighted by atomic mass is 9.70. The zero-order valence-electron chi connectivity index (χ0n) is 26.0. The molecule has 0 saturated carbocycles. The molecule has 232 valence electrons. The average molecular weight is 656 g/mol. The van der Waals surface area contributed by atoms with E-state index < -0.39 is 34.2 Å². The number of hydrogen-bond donors (Lipinski definition) is 1. The first kappa shape index (κ1) is 34.2. The third-order valence-corrected chi connectivity index (χ3v) is 12.4. The molecule has 0 aromatic rings. The van der Waals surface area contributed by atoms with Crippen molar-refractivity contribution >= 4 is 45.5 Å². The summed E-state index contributed by atoms with van der Waals surface area (Å²) in [5, 5.41) is 10.5. The van der Waals surface area contributed by atoms with Crippen molar-refractivity contribution in [1.29, 1.82) is 0 Å². The van der Waals surface area contributed by atoms with E-state index in [0.717, 1.165) is 19.3 Å². The fraction of sp³-hybridized carbons (Fsp3) is 0.781. The zero-order valence-corrected chi connectivity index (χ0v) is 28.4. The number of nitrogens with zero attached hydrogens (tertiary/aromatic N) is 2. The SMILES string of the molecule is C=CCCCOC(=O)[C@H]1[C@@H]2SC3(CC2Br)C(C(=O)N(CC=C)C(C)(C)CC(C)(C)C)N([C@@H](CO)[C@@H](C)CC)C(=O)[C@H]13. The molecule has 3 unspecified atom stereocenters. The number of carbonyl (C=O) groups is 3. The fourth-order valence-corrected chi connectivity index (χ4v) is 11.2. The summed E-state index contributed by atoms with van der Waals surface area (Å²) in [5.41, 5.74) is -0.557. The summed E-state index contributed by atoms with van der Waals surface area (Å²) in [6, 6.07) is -1.34. The van der Waals surface area contributed by atoms with Crippen LogP contribution in [0.25, 0.3) is 0 Å². The summed E-state index contributed by atoms with van der Waals surface area (Å²) in [7, 11) is 0. The molecule has 41 heavy (non-hydrogen) atoms. The van der Waals surface area contributed by atoms with Crippen molar-refractivity contribution in [3.63, 3.8) is 0 Å². The van der Waals surface area contributed by atoms with Gasteiger partial charge in [-0.1, -0.05) is 69.1 Å². The number of allylic oxidation sites excluding steroid dienone is 1. The zero-order chi connectivity index (χ0) is 30.9. The summed E-state index contributed by atoms with van der Waals surface area (Å²) in [5.74, 6) is -2.08. The van der Waals surface area contributed by atoms with Gasteiger partial charge in [-0.3, -0.25) is 14.4 Å². The molecule has 3 aliphatic rings. The molecule has 3 heterocycles. The minimum atomic E-state index is -0.807. The van der Waals surface area contributed by atoms with Crippen LogP contribution < -0.4 is 0 Å². The quantitative estimate of drug-likeness (QED) is 0.114. The summed E-state index contributed by atoms with van der Waals surface area (Å²) >= 11 is 5.43. The van der Waals surface area contributed by atoms with E-state index >= 15 is 0 Å². The number of fused-ring (bicyclic) bond motifs is 1. The van der Waals surface area contributed by atoms with Gasteiger partial charge in [0.25, 0.3) is 0 Å². The Labute approximate surface area is 260 Å². The number of thioether (sulfide) groups is 1. The Kier molecular flexibility index (Phi) is 10.9. The Morgan fingerprint density at radius 2 is 1.93 bits per heavy atom. The standard InChI is InChI=1S/C32H51BrN2O5S/c1-10-13-14-16-40-29(39)23-24-27(37)35(22(18-36)20(4)12-3)26(32(24)17-21(33)25(23)41-32)28(38)34(15-11-2)31(8,9)19-30(5,6)7/h10-11,20-26,36H,1-2,12-19H2,3-9H3/t20-,21?,22-,23+,24-,25+,26?,32?/m0/s1. The first-order valence-corrected chi connectivity index (χ1v) is 16.9. The van der Waals surface area contributed by atoms with E-state index in [1.807, 2.05) is 18.7 Å². The van der Waals surface area contributed by atoms with Gasteiger partial charge in [0.15, 0.2) is 0 Å². The van der Waals surface area contributed by atoms with Crippen LogP contribution in [-0.2, 0) is 19.1 Å². The highest BCUT2D eigenvalue weighted by Gasteiger charge is 2.77. The number of aliphatic hydroxyl groups excluding tert-OH is 1. The predicted molar refractivity (Wildman–Crippen MR) is 170 cm³/mol. The summed E-state index contributed by atoms with van der Waals surface area (Å²) in [6.07, 6.45) is 7.03. The molecular weight excluding hydrogens is 604 g/mol. The lowest BCUT2D eigenvalue weighted by Gasteiger charge is -2.47. The minimum absolute atomic E-state index is 0.0313. The monoisotopic (exact) mass is 654 g/mol. The number of unbranched alkanes of at least 4 members (excludes halogenated alkanes) is 1. The van der Waals surface area contributed by atoms with E-state index in [-0.39, 0.29) is 52.4 Å². The van der Waals surface area contributed by atoms with Gasteiger partial charge in [-0.25, -0.2) is 0 Å². The molecule has 9 heteroatoms. The second kappa shape index (κ2) is 13.1. The van der Waals surface area contributed by atoms with Crippen LogP contribution in [0.4, 0.5) is 0 Å². The third-order valence-electron chi connectivity index (χ3n) is 9.15. The largest absolute Gasteiger partial charge is 0.465 e. The van der Waals surface area contributed by atoms with Gasteiger partial charge in [0.2, 0.25) is 11.8 Å². The van der Waals surface area contributed by atoms with Crippen LogP contribution >= 0.6 is 27.7 Å². The van der Waals surface area contributed by atoms with Gasteiger partial charge in [0, 0.05) is 22.2 Å². The van der Waals surface area contributed by atoms with Gasteiger partial charge >= 0.3 is 5.97 Å². The molecule has 1 spiro atoms. The molecule has 0 radical (unpaired) electrons. The van der Waals surface area contributed by atoms with Crippen molar-refractivity contribution in [1.82, 2.24) is 9.80 Å². The van der Waals surface area contributed by atoms with Crippen molar-refractivity contribution in [3.05, 3.63) is 25.3 Å². The second-order valence-electron chi connectivity index (χ2n) is 13.9. The van der Waals surface area contributed by atoms with E-state index in [2.05, 4.69) is 63.7 Å². The maximum Gasteiger partial charge on any atom is 0.310 e. The molecule has 8 atom stereocenters. The molecule has 3 aliphatic heterocycles. The average Bonchev–Trinajstić information content (AvgIpc) is 3.47. The third kappa shape index (κ3) is 6.47. The number of ether oxygens (including phenoxy) is 1. The molecular formula is C32H51BrN2O5S. The molecule has 2 amide bonds. The molecule has 0 aromatic carbocycles. The molecule has 3 rings (SSSR count). The van der Waals surface area contributed by atoms with Gasteiger partial charge < -0.3 is 19.6 Å².